The van der Waals surface area contributed by atoms with Crippen molar-refractivity contribution in [2.75, 3.05) is 13.1 Å². The van der Waals surface area contributed by atoms with Crippen molar-refractivity contribution in [3.8, 4) is 0 Å². The predicted molar refractivity (Wildman–Crippen MR) is 122 cm³/mol. The fourth-order valence-corrected chi connectivity index (χ4v) is 4.43. The van der Waals surface area contributed by atoms with Gasteiger partial charge in [-0.3, -0.25) is 9.69 Å². The van der Waals surface area contributed by atoms with E-state index in [0.717, 1.165) is 24.8 Å². The van der Waals surface area contributed by atoms with Crippen molar-refractivity contribution in [1.82, 2.24) is 10.2 Å². The highest BCUT2D eigenvalue weighted by Gasteiger charge is 2.32. The van der Waals surface area contributed by atoms with Gasteiger partial charge < -0.3 is 5.32 Å². The Balaban J connectivity index is 1.41. The van der Waals surface area contributed by atoms with Crippen molar-refractivity contribution in [2.45, 2.75) is 31.8 Å². The third kappa shape index (κ3) is 5.80. The lowest BCUT2D eigenvalue weighted by atomic mass is 9.88. The first kappa shape index (κ1) is 21.3. The molecule has 3 nitrogen and oxygen atoms in total. The van der Waals surface area contributed by atoms with E-state index in [9.17, 15) is 9.18 Å². The molecule has 0 radical (unpaired) electrons. The quantitative estimate of drug-likeness (QED) is 0.579. The number of amides is 1. The number of likely N-dealkylation sites (tertiary alicyclic amines) is 1. The van der Waals surface area contributed by atoms with Crippen LogP contribution >= 0.6 is 0 Å². The van der Waals surface area contributed by atoms with E-state index in [1.165, 1.54) is 23.3 Å². The molecule has 3 aromatic rings. The third-order valence-electron chi connectivity index (χ3n) is 6.09. The zero-order valence-corrected chi connectivity index (χ0v) is 17.7. The summed E-state index contributed by atoms with van der Waals surface area (Å²) in [5.41, 5.74) is 3.56. The molecule has 3 aromatic carbocycles. The maximum absolute atomic E-state index is 13.3. The molecule has 0 saturated carbocycles. The van der Waals surface area contributed by atoms with Crippen LogP contribution in [0.15, 0.2) is 84.9 Å². The fraction of sp³-hybridized carbons (Fsp3) is 0.296. The molecule has 1 fully saturated rings. The summed E-state index contributed by atoms with van der Waals surface area (Å²) in [5.74, 6) is -0.125. The largest absolute Gasteiger partial charge is 0.355 e. The van der Waals surface area contributed by atoms with Crippen molar-refractivity contribution in [3.63, 3.8) is 0 Å². The summed E-state index contributed by atoms with van der Waals surface area (Å²) >= 11 is 0. The maximum Gasteiger partial charge on any atom is 0.224 e. The Bertz CT molecular complexity index is 960. The van der Waals surface area contributed by atoms with Gasteiger partial charge in [0.25, 0.3) is 0 Å². The summed E-state index contributed by atoms with van der Waals surface area (Å²) in [4.78, 5) is 15.3. The van der Waals surface area contributed by atoms with E-state index in [4.69, 9.17) is 0 Å². The van der Waals surface area contributed by atoms with Crippen LogP contribution in [0, 0.1) is 11.7 Å². The third-order valence-corrected chi connectivity index (χ3v) is 6.09. The number of piperidine rings is 1. The average Bonchev–Trinajstić information content (AvgIpc) is 2.82. The predicted octanol–water partition coefficient (Wildman–Crippen LogP) is 5.14. The van der Waals surface area contributed by atoms with Crippen molar-refractivity contribution in [2.24, 2.45) is 5.92 Å². The fourth-order valence-electron chi connectivity index (χ4n) is 4.43. The zero-order chi connectivity index (χ0) is 21.5. The van der Waals surface area contributed by atoms with E-state index in [1.807, 2.05) is 36.4 Å². The van der Waals surface area contributed by atoms with Crippen LogP contribution in [0.4, 0.5) is 4.39 Å². The van der Waals surface area contributed by atoms with Crippen LogP contribution in [0.5, 0.6) is 0 Å². The number of halogens is 1. The molecule has 1 N–H and O–H groups in total. The zero-order valence-electron chi connectivity index (χ0n) is 17.7. The highest BCUT2D eigenvalue weighted by Crippen LogP contribution is 2.34. The van der Waals surface area contributed by atoms with Crippen LogP contribution in [0.25, 0.3) is 0 Å². The second-order valence-electron chi connectivity index (χ2n) is 8.28. The van der Waals surface area contributed by atoms with Gasteiger partial charge >= 0.3 is 0 Å². The number of hydrogen-bond acceptors (Lipinski definition) is 2. The minimum absolute atomic E-state index is 0.0313. The normalized spacial score (nSPS) is 19.1. The molecule has 4 rings (SSSR count). The summed E-state index contributed by atoms with van der Waals surface area (Å²) in [6.45, 7) is 2.06. The van der Waals surface area contributed by atoms with E-state index < -0.39 is 0 Å². The number of nitrogens with zero attached hydrogens (tertiary/aromatic N) is 1. The lowest BCUT2D eigenvalue weighted by Gasteiger charge is -2.39. The Morgan fingerprint density at radius 1 is 0.871 bits per heavy atom. The average molecular weight is 417 g/mol. The van der Waals surface area contributed by atoms with Gasteiger partial charge in [0.15, 0.2) is 0 Å². The number of carbonyl (C=O) groups excluding carboxylic acids is 1. The molecule has 1 saturated heterocycles. The first-order valence-corrected chi connectivity index (χ1v) is 11.0. The molecule has 0 aliphatic carbocycles. The lowest BCUT2D eigenvalue weighted by Crippen LogP contribution is -2.44. The molecular weight excluding hydrogens is 387 g/mol. The van der Waals surface area contributed by atoms with Gasteiger partial charge in [-0.05, 0) is 48.1 Å². The van der Waals surface area contributed by atoms with Crippen LogP contribution in [0.3, 0.4) is 0 Å². The SMILES string of the molecule is O=C(NCCc1ccccc1)[C@@H]1CC[C@H](c2ccccc2)N(Cc2ccc(F)cc2)C1. The monoisotopic (exact) mass is 416 g/mol. The van der Waals surface area contributed by atoms with E-state index in [0.29, 0.717) is 19.6 Å². The smallest absolute Gasteiger partial charge is 0.224 e. The Morgan fingerprint density at radius 3 is 2.26 bits per heavy atom. The van der Waals surface area contributed by atoms with Gasteiger partial charge in [-0.1, -0.05) is 72.8 Å². The highest BCUT2D eigenvalue weighted by molar-refractivity contribution is 5.79. The van der Waals surface area contributed by atoms with Crippen LogP contribution in [-0.4, -0.2) is 23.9 Å². The lowest BCUT2D eigenvalue weighted by molar-refractivity contribution is -0.127. The minimum Gasteiger partial charge on any atom is -0.355 e. The molecule has 1 aliphatic rings. The molecule has 0 aromatic heterocycles. The Labute approximate surface area is 183 Å². The van der Waals surface area contributed by atoms with Crippen molar-refractivity contribution in [1.29, 1.82) is 0 Å². The summed E-state index contributed by atoms with van der Waals surface area (Å²) in [6.07, 6.45) is 2.64. The minimum atomic E-state index is -0.224. The summed E-state index contributed by atoms with van der Waals surface area (Å²) in [6, 6.07) is 27.6. The van der Waals surface area contributed by atoms with Crippen LogP contribution < -0.4 is 5.32 Å². The molecule has 0 spiro atoms. The Hall–Kier alpha value is -2.98. The first-order valence-electron chi connectivity index (χ1n) is 11.0. The number of carbonyl (C=O) groups is 1. The van der Waals surface area contributed by atoms with Gasteiger partial charge in [0.05, 0.1) is 5.92 Å². The van der Waals surface area contributed by atoms with E-state index in [-0.39, 0.29) is 23.7 Å². The second kappa shape index (κ2) is 10.4. The van der Waals surface area contributed by atoms with Crippen LogP contribution in [-0.2, 0) is 17.8 Å². The Morgan fingerprint density at radius 2 is 1.55 bits per heavy atom. The number of hydrogen-bond donors (Lipinski definition) is 1. The maximum atomic E-state index is 13.3. The van der Waals surface area contributed by atoms with Gasteiger partial charge in [-0.25, -0.2) is 4.39 Å². The topological polar surface area (TPSA) is 32.3 Å². The molecule has 4 heteroatoms. The van der Waals surface area contributed by atoms with E-state index in [2.05, 4.69) is 46.6 Å². The highest BCUT2D eigenvalue weighted by atomic mass is 19.1. The molecule has 1 aliphatic heterocycles. The molecule has 1 amide bonds. The molecular formula is C27H29FN2O. The van der Waals surface area contributed by atoms with Crippen LogP contribution in [0.2, 0.25) is 0 Å². The van der Waals surface area contributed by atoms with Crippen molar-refractivity contribution >= 4 is 5.91 Å². The standard InChI is InChI=1S/C27H29FN2O/c28-25-14-11-22(12-15-25)19-30-20-24(13-16-26(30)23-9-5-2-6-10-23)27(31)29-18-17-21-7-3-1-4-8-21/h1-12,14-15,24,26H,13,16-20H2,(H,29,31)/t24-,26-/m1/s1. The van der Waals surface area contributed by atoms with Gasteiger partial charge in [0, 0.05) is 25.7 Å². The van der Waals surface area contributed by atoms with Gasteiger partial charge in [0.2, 0.25) is 5.91 Å². The second-order valence-corrected chi connectivity index (χ2v) is 8.28. The summed E-state index contributed by atoms with van der Waals surface area (Å²) in [7, 11) is 0. The van der Waals surface area contributed by atoms with Crippen LogP contribution in [0.1, 0.15) is 35.6 Å². The summed E-state index contributed by atoms with van der Waals surface area (Å²) in [5, 5.41) is 3.13. The molecule has 1 heterocycles. The van der Waals surface area contributed by atoms with Gasteiger partial charge in [-0.2, -0.15) is 0 Å². The van der Waals surface area contributed by atoms with Gasteiger partial charge in [0.1, 0.15) is 5.82 Å². The van der Waals surface area contributed by atoms with Crippen molar-refractivity contribution < 1.29 is 9.18 Å². The number of nitrogens with one attached hydrogen (secondary N) is 1. The Kier molecular flexibility index (Phi) is 7.11. The molecule has 0 bridgehead atoms. The van der Waals surface area contributed by atoms with E-state index in [1.54, 1.807) is 0 Å². The number of benzene rings is 3. The molecule has 0 unspecified atom stereocenters. The summed E-state index contributed by atoms with van der Waals surface area (Å²) < 4.78 is 13.3. The van der Waals surface area contributed by atoms with Crippen molar-refractivity contribution in [3.05, 3.63) is 107 Å². The molecule has 2 atom stereocenters. The molecule has 160 valence electrons. The number of rotatable bonds is 7. The van der Waals surface area contributed by atoms with Gasteiger partial charge in [-0.15, -0.1) is 0 Å². The van der Waals surface area contributed by atoms with E-state index >= 15 is 0 Å². The molecule has 31 heavy (non-hydrogen) atoms. The first-order chi connectivity index (χ1) is 15.2.